The molecule has 0 bridgehead atoms. The Labute approximate surface area is 217 Å². The Morgan fingerprint density at radius 3 is 2.49 bits per heavy atom. The summed E-state index contributed by atoms with van der Waals surface area (Å²) in [4.78, 5) is 15.8. The number of benzene rings is 1. The van der Waals surface area contributed by atoms with Crippen LogP contribution in [0.2, 0.25) is 0 Å². The van der Waals surface area contributed by atoms with Gasteiger partial charge in [-0.05, 0) is 63.4 Å². The maximum Gasteiger partial charge on any atom is 0.246 e. The van der Waals surface area contributed by atoms with E-state index in [1.807, 2.05) is 39.9 Å². The predicted octanol–water partition coefficient (Wildman–Crippen LogP) is 2.74. The molecule has 2 aliphatic heterocycles. The van der Waals surface area contributed by atoms with Crippen LogP contribution < -0.4 is 4.74 Å². The second-order valence-electron chi connectivity index (χ2n) is 9.91. The highest BCUT2D eigenvalue weighted by molar-refractivity contribution is 7.89. The van der Waals surface area contributed by atoms with Crippen molar-refractivity contribution in [1.82, 2.24) is 28.8 Å². The summed E-state index contributed by atoms with van der Waals surface area (Å²) in [7, 11) is -0.347. The van der Waals surface area contributed by atoms with Crippen LogP contribution in [0, 0.1) is 19.8 Å². The lowest BCUT2D eigenvalue weighted by molar-refractivity contribution is -0.137. The Balaban J connectivity index is 1.32. The standard InChI is InChI=1S/C26H34N6O4S/c1-18-25(19(2)29(3)27-18)37(34,35)31-13-5-7-21(16-31)26(33)30-12-6-14-32-22(17-30)15-24(28-32)20-8-10-23(36-4)11-9-20/h8-11,15,21H,5-7,12-14,16-17H2,1-4H3. The Kier molecular flexibility index (Phi) is 6.84. The van der Waals surface area contributed by atoms with Gasteiger partial charge in [-0.15, -0.1) is 0 Å². The summed E-state index contributed by atoms with van der Waals surface area (Å²) in [5.41, 5.74) is 3.94. The van der Waals surface area contributed by atoms with E-state index in [9.17, 15) is 13.2 Å². The third kappa shape index (κ3) is 4.77. The van der Waals surface area contributed by atoms with Crippen LogP contribution in [0.3, 0.4) is 0 Å². The lowest BCUT2D eigenvalue weighted by Crippen LogP contribution is -2.46. The number of piperidine rings is 1. The van der Waals surface area contributed by atoms with Crippen molar-refractivity contribution in [3.8, 4) is 17.0 Å². The third-order valence-electron chi connectivity index (χ3n) is 7.49. The summed E-state index contributed by atoms with van der Waals surface area (Å²) < 4.78 is 37.3. The molecule has 1 unspecified atom stereocenters. The molecule has 10 nitrogen and oxygen atoms in total. The Morgan fingerprint density at radius 1 is 1.05 bits per heavy atom. The number of aromatic nitrogens is 4. The highest BCUT2D eigenvalue weighted by Gasteiger charge is 2.37. The van der Waals surface area contributed by atoms with Gasteiger partial charge >= 0.3 is 0 Å². The first kappa shape index (κ1) is 25.5. The summed E-state index contributed by atoms with van der Waals surface area (Å²) in [6.45, 7) is 5.92. The molecule has 1 amide bonds. The molecule has 11 heteroatoms. The van der Waals surface area contributed by atoms with Crippen molar-refractivity contribution in [2.75, 3.05) is 26.7 Å². The van der Waals surface area contributed by atoms with Crippen molar-refractivity contribution >= 4 is 15.9 Å². The normalized spacial score (nSPS) is 18.9. The first-order chi connectivity index (χ1) is 17.7. The highest BCUT2D eigenvalue weighted by atomic mass is 32.2. The maximum atomic E-state index is 13.7. The topological polar surface area (TPSA) is 103 Å². The number of carbonyl (C=O) groups excluding carboxylic acids is 1. The molecule has 0 N–H and O–H groups in total. The van der Waals surface area contributed by atoms with Crippen LogP contribution in [0.25, 0.3) is 11.3 Å². The number of carbonyl (C=O) groups is 1. The van der Waals surface area contributed by atoms with E-state index in [-0.39, 0.29) is 23.3 Å². The maximum absolute atomic E-state index is 13.7. The summed E-state index contributed by atoms with van der Waals surface area (Å²) in [5, 5.41) is 9.07. The number of nitrogens with zero attached hydrogens (tertiary/aromatic N) is 6. The average molecular weight is 527 g/mol. The molecule has 0 spiro atoms. The van der Waals surface area contributed by atoms with Gasteiger partial charge in [0.1, 0.15) is 10.6 Å². The number of fused-ring (bicyclic) bond motifs is 1. The molecule has 3 aromatic rings. The second-order valence-corrected chi connectivity index (χ2v) is 11.8. The lowest BCUT2D eigenvalue weighted by atomic mass is 9.98. The zero-order chi connectivity index (χ0) is 26.3. The van der Waals surface area contributed by atoms with Gasteiger partial charge in [0.05, 0.1) is 42.3 Å². The molecule has 2 aliphatic rings. The summed E-state index contributed by atoms with van der Waals surface area (Å²) >= 11 is 0. The van der Waals surface area contributed by atoms with Crippen molar-refractivity contribution in [2.24, 2.45) is 13.0 Å². The van der Waals surface area contributed by atoms with Gasteiger partial charge in [0.2, 0.25) is 15.9 Å². The van der Waals surface area contributed by atoms with Gasteiger partial charge < -0.3 is 9.64 Å². The smallest absolute Gasteiger partial charge is 0.246 e. The van der Waals surface area contributed by atoms with Gasteiger partial charge in [-0.25, -0.2) is 8.42 Å². The third-order valence-corrected chi connectivity index (χ3v) is 9.60. The van der Waals surface area contributed by atoms with Gasteiger partial charge in [0.25, 0.3) is 0 Å². The van der Waals surface area contributed by atoms with Crippen LogP contribution in [-0.2, 0) is 35.0 Å². The average Bonchev–Trinajstić information content (AvgIpc) is 3.34. The van der Waals surface area contributed by atoms with E-state index in [4.69, 9.17) is 9.84 Å². The van der Waals surface area contributed by atoms with Gasteiger partial charge in [0, 0.05) is 38.8 Å². The minimum absolute atomic E-state index is 0.0141. The van der Waals surface area contributed by atoms with Crippen LogP contribution in [0.1, 0.15) is 36.3 Å². The van der Waals surface area contributed by atoms with E-state index in [1.54, 1.807) is 32.7 Å². The molecule has 4 heterocycles. The number of sulfonamides is 1. The molecule has 1 atom stereocenters. The van der Waals surface area contributed by atoms with Gasteiger partial charge in [0.15, 0.2) is 0 Å². The number of aryl methyl sites for hydroxylation is 3. The van der Waals surface area contributed by atoms with Crippen molar-refractivity contribution in [2.45, 2.75) is 51.1 Å². The Hall–Kier alpha value is -3.18. The quantitative estimate of drug-likeness (QED) is 0.507. The van der Waals surface area contributed by atoms with E-state index in [0.717, 1.165) is 35.7 Å². The van der Waals surface area contributed by atoms with Crippen LogP contribution in [0.5, 0.6) is 5.75 Å². The number of amides is 1. The molecule has 1 aromatic carbocycles. The van der Waals surface area contributed by atoms with Gasteiger partial charge in [-0.2, -0.15) is 14.5 Å². The lowest BCUT2D eigenvalue weighted by Gasteiger charge is -2.34. The summed E-state index contributed by atoms with van der Waals surface area (Å²) in [6.07, 6.45) is 2.13. The van der Waals surface area contributed by atoms with E-state index in [1.165, 1.54) is 4.31 Å². The van der Waals surface area contributed by atoms with Crippen LogP contribution in [0.4, 0.5) is 0 Å². The Morgan fingerprint density at radius 2 is 1.81 bits per heavy atom. The van der Waals surface area contributed by atoms with E-state index in [0.29, 0.717) is 43.9 Å². The number of rotatable bonds is 5. The molecule has 1 saturated heterocycles. The molecule has 198 valence electrons. The fraction of sp³-hybridized carbons (Fsp3) is 0.500. The largest absolute Gasteiger partial charge is 0.497 e. The number of hydrogen-bond donors (Lipinski definition) is 0. The second kappa shape index (κ2) is 9.94. The first-order valence-electron chi connectivity index (χ1n) is 12.7. The van der Waals surface area contributed by atoms with Crippen LogP contribution in [-0.4, -0.2) is 69.8 Å². The molecule has 0 radical (unpaired) electrons. The summed E-state index contributed by atoms with van der Waals surface area (Å²) in [5.74, 6) is 0.440. The summed E-state index contributed by atoms with van der Waals surface area (Å²) in [6, 6.07) is 9.82. The highest BCUT2D eigenvalue weighted by Crippen LogP contribution is 2.30. The molecular weight excluding hydrogens is 492 g/mol. The van der Waals surface area contributed by atoms with E-state index < -0.39 is 10.0 Å². The van der Waals surface area contributed by atoms with Gasteiger partial charge in [-0.1, -0.05) is 0 Å². The number of methoxy groups -OCH3 is 1. The predicted molar refractivity (Wildman–Crippen MR) is 138 cm³/mol. The Bertz CT molecular complexity index is 1410. The minimum atomic E-state index is -3.73. The van der Waals surface area contributed by atoms with E-state index >= 15 is 0 Å². The van der Waals surface area contributed by atoms with Crippen molar-refractivity contribution < 1.29 is 17.9 Å². The molecule has 2 aromatic heterocycles. The zero-order valence-corrected chi connectivity index (χ0v) is 22.7. The van der Waals surface area contributed by atoms with E-state index in [2.05, 4.69) is 5.10 Å². The van der Waals surface area contributed by atoms with Crippen molar-refractivity contribution in [1.29, 1.82) is 0 Å². The number of ether oxygens (including phenoxy) is 1. The SMILES string of the molecule is COc1ccc(-c2cc3n(n2)CCCN(C(=O)C2CCCN(S(=O)(=O)c4c(C)nn(C)c4C)C2)C3)cc1. The minimum Gasteiger partial charge on any atom is -0.497 e. The van der Waals surface area contributed by atoms with Gasteiger partial charge in [-0.3, -0.25) is 14.2 Å². The fourth-order valence-corrected chi connectivity index (χ4v) is 7.35. The first-order valence-corrected chi connectivity index (χ1v) is 14.1. The zero-order valence-electron chi connectivity index (χ0n) is 21.8. The number of hydrogen-bond acceptors (Lipinski definition) is 6. The molecule has 1 fully saturated rings. The van der Waals surface area contributed by atoms with Crippen molar-refractivity contribution in [3.05, 3.63) is 47.4 Å². The van der Waals surface area contributed by atoms with Crippen LogP contribution >= 0.6 is 0 Å². The molecular formula is C26H34N6O4S. The van der Waals surface area contributed by atoms with Crippen LogP contribution in [0.15, 0.2) is 35.2 Å². The monoisotopic (exact) mass is 526 g/mol. The molecule has 5 rings (SSSR count). The fourth-order valence-electron chi connectivity index (χ4n) is 5.43. The van der Waals surface area contributed by atoms with Crippen molar-refractivity contribution in [3.63, 3.8) is 0 Å². The molecule has 37 heavy (non-hydrogen) atoms. The molecule has 0 saturated carbocycles. The molecule has 0 aliphatic carbocycles.